The Morgan fingerprint density at radius 2 is 1.96 bits per heavy atom. The highest BCUT2D eigenvalue weighted by molar-refractivity contribution is 6.31. The molecule has 0 radical (unpaired) electrons. The van der Waals surface area contributed by atoms with Crippen LogP contribution in [0.1, 0.15) is 25.3 Å². The molecule has 0 saturated heterocycles. The molecule has 7 heteroatoms. The molecule has 0 aromatic heterocycles. The Labute approximate surface area is 162 Å². The zero-order chi connectivity index (χ0) is 19.4. The van der Waals surface area contributed by atoms with E-state index in [2.05, 4.69) is 5.32 Å². The predicted octanol–water partition coefficient (Wildman–Crippen LogP) is 3.69. The maximum atomic E-state index is 12.9. The quantitative estimate of drug-likeness (QED) is 0.847. The molecule has 1 N–H and O–H groups in total. The van der Waals surface area contributed by atoms with Crippen molar-refractivity contribution in [2.24, 2.45) is 0 Å². The summed E-state index contributed by atoms with van der Waals surface area (Å²) in [6.45, 7) is 2.58. The Morgan fingerprint density at radius 1 is 1.22 bits per heavy atom. The number of nitrogens with zero attached hydrogens (tertiary/aromatic N) is 1. The number of anilines is 1. The van der Waals surface area contributed by atoms with Crippen LogP contribution in [0.5, 0.6) is 5.75 Å². The van der Waals surface area contributed by atoms with Gasteiger partial charge < -0.3 is 15.0 Å². The number of hydrogen-bond donors (Lipinski definition) is 1. The summed E-state index contributed by atoms with van der Waals surface area (Å²) in [6, 6.07) is 11.0. The molecular formula is C20H20ClFN2O3. The minimum atomic E-state index is -0.323. The first-order valence-electron chi connectivity index (χ1n) is 8.70. The van der Waals surface area contributed by atoms with Gasteiger partial charge in [-0.05, 0) is 42.8 Å². The fourth-order valence-electron chi connectivity index (χ4n) is 2.89. The summed E-state index contributed by atoms with van der Waals surface area (Å²) >= 11 is 6.04. The minimum absolute atomic E-state index is 0.0711. The van der Waals surface area contributed by atoms with E-state index in [4.69, 9.17) is 16.3 Å². The van der Waals surface area contributed by atoms with Gasteiger partial charge in [0.15, 0.2) is 0 Å². The molecule has 2 aromatic rings. The lowest BCUT2D eigenvalue weighted by Crippen LogP contribution is -2.42. The lowest BCUT2D eigenvalue weighted by Gasteiger charge is -2.33. The second-order valence-corrected chi connectivity index (χ2v) is 6.88. The summed E-state index contributed by atoms with van der Waals surface area (Å²) in [7, 11) is 0. The van der Waals surface area contributed by atoms with E-state index >= 15 is 0 Å². The van der Waals surface area contributed by atoms with Crippen molar-refractivity contribution in [2.45, 2.75) is 32.4 Å². The molecule has 0 fully saturated rings. The van der Waals surface area contributed by atoms with Gasteiger partial charge in [-0.2, -0.15) is 0 Å². The summed E-state index contributed by atoms with van der Waals surface area (Å²) in [5, 5.41) is 3.25. The van der Waals surface area contributed by atoms with Crippen LogP contribution in [0.2, 0.25) is 5.02 Å². The topological polar surface area (TPSA) is 58.6 Å². The molecule has 0 aliphatic carbocycles. The number of fused-ring (bicyclic) bond motifs is 1. The highest BCUT2D eigenvalue weighted by Crippen LogP contribution is 2.36. The molecule has 1 atom stereocenters. The third-order valence-corrected chi connectivity index (χ3v) is 4.48. The summed E-state index contributed by atoms with van der Waals surface area (Å²) < 4.78 is 18.6. The fraction of sp³-hybridized carbons (Fsp3) is 0.300. The molecule has 0 unspecified atom stereocenters. The third kappa shape index (κ3) is 4.98. The zero-order valence-electron chi connectivity index (χ0n) is 14.9. The maximum absolute atomic E-state index is 12.9. The van der Waals surface area contributed by atoms with E-state index in [-0.39, 0.29) is 36.6 Å². The van der Waals surface area contributed by atoms with Crippen LogP contribution in [0.3, 0.4) is 0 Å². The van der Waals surface area contributed by atoms with Gasteiger partial charge in [0.1, 0.15) is 17.7 Å². The standard InChI is InChI=1S/C20H20ClFN2O3/c1-13-12-24(17-10-15(21)4-7-18(17)27-13)20(26)9-8-19(25)23-11-14-2-5-16(22)6-3-14/h2-7,10,13H,8-9,11-12H2,1H3,(H,23,25)/t13-/m0/s1. The molecular weight excluding hydrogens is 371 g/mol. The average molecular weight is 391 g/mol. The van der Waals surface area contributed by atoms with Crippen LogP contribution >= 0.6 is 11.6 Å². The molecule has 2 aromatic carbocycles. The van der Waals surface area contributed by atoms with E-state index in [1.807, 2.05) is 6.92 Å². The van der Waals surface area contributed by atoms with Gasteiger partial charge in [0, 0.05) is 24.4 Å². The molecule has 3 rings (SSSR count). The second kappa shape index (κ2) is 8.39. The highest BCUT2D eigenvalue weighted by atomic mass is 35.5. The Kier molecular flexibility index (Phi) is 5.96. The normalized spacial score (nSPS) is 15.7. The lowest BCUT2D eigenvalue weighted by molar-refractivity contribution is -0.125. The first kappa shape index (κ1) is 19.2. The van der Waals surface area contributed by atoms with Crippen molar-refractivity contribution in [3.8, 4) is 5.75 Å². The Hall–Kier alpha value is -2.60. The molecule has 0 spiro atoms. The van der Waals surface area contributed by atoms with Crippen LogP contribution in [0.4, 0.5) is 10.1 Å². The van der Waals surface area contributed by atoms with Crippen molar-refractivity contribution in [1.29, 1.82) is 0 Å². The highest BCUT2D eigenvalue weighted by Gasteiger charge is 2.27. The molecule has 2 amide bonds. The van der Waals surface area contributed by atoms with Crippen LogP contribution in [-0.4, -0.2) is 24.5 Å². The lowest BCUT2D eigenvalue weighted by atomic mass is 10.1. The van der Waals surface area contributed by atoms with E-state index in [0.717, 1.165) is 5.56 Å². The van der Waals surface area contributed by atoms with Crippen molar-refractivity contribution in [1.82, 2.24) is 5.32 Å². The van der Waals surface area contributed by atoms with Gasteiger partial charge in [0.2, 0.25) is 11.8 Å². The van der Waals surface area contributed by atoms with Gasteiger partial charge in [-0.1, -0.05) is 23.7 Å². The van der Waals surface area contributed by atoms with E-state index < -0.39 is 0 Å². The zero-order valence-corrected chi connectivity index (χ0v) is 15.6. The van der Waals surface area contributed by atoms with Crippen LogP contribution in [0, 0.1) is 5.82 Å². The fourth-order valence-corrected chi connectivity index (χ4v) is 3.06. The predicted molar refractivity (Wildman–Crippen MR) is 101 cm³/mol. The maximum Gasteiger partial charge on any atom is 0.227 e. The van der Waals surface area contributed by atoms with Crippen LogP contribution < -0.4 is 15.0 Å². The number of ether oxygens (including phenoxy) is 1. The molecule has 0 saturated carbocycles. The number of amides is 2. The summed E-state index contributed by atoms with van der Waals surface area (Å²) in [5.74, 6) is -0.117. The van der Waals surface area contributed by atoms with Crippen LogP contribution in [0.25, 0.3) is 0 Å². The first-order chi connectivity index (χ1) is 12.9. The van der Waals surface area contributed by atoms with Gasteiger partial charge in [-0.3, -0.25) is 9.59 Å². The second-order valence-electron chi connectivity index (χ2n) is 6.45. The Bertz CT molecular complexity index is 842. The Balaban J connectivity index is 1.55. The summed E-state index contributed by atoms with van der Waals surface area (Å²) in [6.07, 6.45) is 0.00482. The largest absolute Gasteiger partial charge is 0.487 e. The number of hydrogen-bond acceptors (Lipinski definition) is 3. The van der Waals surface area contributed by atoms with Crippen molar-refractivity contribution in [3.05, 3.63) is 58.9 Å². The number of carbonyl (C=O) groups excluding carboxylic acids is 2. The van der Waals surface area contributed by atoms with Crippen molar-refractivity contribution in [2.75, 3.05) is 11.4 Å². The van der Waals surface area contributed by atoms with Crippen LogP contribution in [-0.2, 0) is 16.1 Å². The first-order valence-corrected chi connectivity index (χ1v) is 9.08. The molecule has 142 valence electrons. The van der Waals surface area contributed by atoms with E-state index in [1.165, 1.54) is 12.1 Å². The van der Waals surface area contributed by atoms with E-state index in [1.54, 1.807) is 35.2 Å². The van der Waals surface area contributed by atoms with Crippen molar-refractivity contribution >= 4 is 29.1 Å². The number of rotatable bonds is 5. The van der Waals surface area contributed by atoms with Crippen LogP contribution in [0.15, 0.2) is 42.5 Å². The third-order valence-electron chi connectivity index (χ3n) is 4.25. The Morgan fingerprint density at radius 3 is 2.70 bits per heavy atom. The number of carbonyl (C=O) groups is 2. The number of halogens is 2. The van der Waals surface area contributed by atoms with Crippen molar-refractivity contribution in [3.63, 3.8) is 0 Å². The molecule has 1 aliphatic rings. The summed E-state index contributed by atoms with van der Waals surface area (Å²) in [4.78, 5) is 26.3. The van der Waals surface area contributed by atoms with E-state index in [9.17, 15) is 14.0 Å². The van der Waals surface area contributed by atoms with Gasteiger partial charge in [-0.15, -0.1) is 0 Å². The monoisotopic (exact) mass is 390 g/mol. The molecule has 1 aliphatic heterocycles. The van der Waals surface area contributed by atoms with E-state index in [0.29, 0.717) is 29.5 Å². The van der Waals surface area contributed by atoms with Gasteiger partial charge in [0.25, 0.3) is 0 Å². The van der Waals surface area contributed by atoms with Gasteiger partial charge in [0.05, 0.1) is 12.2 Å². The minimum Gasteiger partial charge on any atom is -0.487 e. The van der Waals surface area contributed by atoms with Crippen molar-refractivity contribution < 1.29 is 18.7 Å². The average Bonchev–Trinajstić information content (AvgIpc) is 2.65. The van der Waals surface area contributed by atoms with Gasteiger partial charge in [-0.25, -0.2) is 4.39 Å². The number of nitrogens with one attached hydrogen (secondary N) is 1. The summed E-state index contributed by atoms with van der Waals surface area (Å²) in [5.41, 5.74) is 1.42. The molecule has 1 heterocycles. The molecule has 0 bridgehead atoms. The molecule has 27 heavy (non-hydrogen) atoms. The molecule has 5 nitrogen and oxygen atoms in total. The smallest absolute Gasteiger partial charge is 0.227 e. The number of benzene rings is 2. The van der Waals surface area contributed by atoms with Gasteiger partial charge >= 0.3 is 0 Å². The SMILES string of the molecule is C[C@H]1CN(C(=O)CCC(=O)NCc2ccc(F)cc2)c2cc(Cl)ccc2O1.